The van der Waals surface area contributed by atoms with Gasteiger partial charge in [0.05, 0.1) is 23.2 Å². The number of hydrogen-bond donors (Lipinski definition) is 2. The SMILES string of the molecule is O=[N+]([O-])c1c(Cl)nc2ccccc2c1NCc1cccc(CC2CNCCO2)c1. The first-order valence-corrected chi connectivity index (χ1v) is 9.86. The molecule has 150 valence electrons. The van der Waals surface area contributed by atoms with E-state index in [1.165, 1.54) is 5.56 Å². The van der Waals surface area contributed by atoms with Gasteiger partial charge in [-0.15, -0.1) is 0 Å². The predicted molar refractivity (Wildman–Crippen MR) is 113 cm³/mol. The van der Waals surface area contributed by atoms with Crippen molar-refractivity contribution >= 4 is 33.9 Å². The van der Waals surface area contributed by atoms with Crippen molar-refractivity contribution in [3.05, 3.63) is 74.9 Å². The highest BCUT2D eigenvalue weighted by Gasteiger charge is 2.23. The molecule has 2 heterocycles. The van der Waals surface area contributed by atoms with Crippen molar-refractivity contribution in [3.8, 4) is 0 Å². The van der Waals surface area contributed by atoms with Gasteiger partial charge in [-0.25, -0.2) is 4.98 Å². The van der Waals surface area contributed by atoms with Gasteiger partial charge in [-0.2, -0.15) is 0 Å². The van der Waals surface area contributed by atoms with Gasteiger partial charge in [0.1, 0.15) is 5.69 Å². The molecular formula is C21H21ClN4O3. The average Bonchev–Trinajstić information content (AvgIpc) is 2.72. The molecule has 0 radical (unpaired) electrons. The van der Waals surface area contributed by atoms with Gasteiger partial charge in [-0.3, -0.25) is 10.1 Å². The summed E-state index contributed by atoms with van der Waals surface area (Å²) < 4.78 is 5.78. The number of halogens is 1. The number of hydrogen-bond acceptors (Lipinski definition) is 6. The van der Waals surface area contributed by atoms with Gasteiger partial charge in [0.25, 0.3) is 0 Å². The maximum absolute atomic E-state index is 11.6. The topological polar surface area (TPSA) is 89.3 Å². The van der Waals surface area contributed by atoms with Crippen LogP contribution in [0.5, 0.6) is 0 Å². The van der Waals surface area contributed by atoms with E-state index in [1.807, 2.05) is 24.3 Å². The van der Waals surface area contributed by atoms with Crippen molar-refractivity contribution in [2.24, 2.45) is 0 Å². The van der Waals surface area contributed by atoms with Crippen molar-refractivity contribution in [2.75, 3.05) is 25.0 Å². The molecule has 1 atom stereocenters. The first kappa shape index (κ1) is 19.6. The van der Waals surface area contributed by atoms with Crippen molar-refractivity contribution < 1.29 is 9.66 Å². The van der Waals surface area contributed by atoms with Crippen LogP contribution in [0.3, 0.4) is 0 Å². The summed E-state index contributed by atoms with van der Waals surface area (Å²) in [4.78, 5) is 15.3. The van der Waals surface area contributed by atoms with Crippen LogP contribution in [0, 0.1) is 10.1 Å². The number of morpholine rings is 1. The minimum Gasteiger partial charge on any atom is -0.375 e. The van der Waals surface area contributed by atoms with E-state index >= 15 is 0 Å². The van der Waals surface area contributed by atoms with Crippen LogP contribution in [0.15, 0.2) is 48.5 Å². The summed E-state index contributed by atoms with van der Waals surface area (Å²) in [6, 6.07) is 15.4. The molecule has 0 bridgehead atoms. The molecule has 1 saturated heterocycles. The molecule has 0 spiro atoms. The average molecular weight is 413 g/mol. The number of nitrogens with zero attached hydrogens (tertiary/aromatic N) is 2. The second kappa shape index (κ2) is 8.73. The summed E-state index contributed by atoms with van der Waals surface area (Å²) in [6.07, 6.45) is 0.987. The third-order valence-corrected chi connectivity index (χ3v) is 5.20. The molecule has 1 unspecified atom stereocenters. The lowest BCUT2D eigenvalue weighted by atomic mass is 10.0. The molecule has 2 aromatic carbocycles. The fourth-order valence-electron chi connectivity index (χ4n) is 3.59. The maximum atomic E-state index is 11.6. The molecule has 1 fully saturated rings. The molecule has 4 rings (SSSR count). The quantitative estimate of drug-likeness (QED) is 0.362. The first-order valence-electron chi connectivity index (χ1n) is 9.48. The summed E-state index contributed by atoms with van der Waals surface area (Å²) in [5.41, 5.74) is 2.99. The Labute approximate surface area is 173 Å². The van der Waals surface area contributed by atoms with Gasteiger partial charge in [0.2, 0.25) is 5.15 Å². The molecule has 29 heavy (non-hydrogen) atoms. The lowest BCUT2D eigenvalue weighted by molar-refractivity contribution is -0.384. The Morgan fingerprint density at radius 3 is 2.86 bits per heavy atom. The van der Waals surface area contributed by atoms with Gasteiger partial charge in [-0.05, 0) is 23.6 Å². The number of nitrogens with one attached hydrogen (secondary N) is 2. The number of fused-ring (bicyclic) bond motifs is 1. The number of aromatic nitrogens is 1. The fourth-order valence-corrected chi connectivity index (χ4v) is 3.84. The Morgan fingerprint density at radius 1 is 1.24 bits per heavy atom. The number of para-hydroxylation sites is 1. The van der Waals surface area contributed by atoms with Crippen LogP contribution in [0.1, 0.15) is 11.1 Å². The molecule has 8 heteroatoms. The fraction of sp³-hybridized carbons (Fsp3) is 0.286. The van der Waals surface area contributed by atoms with Crippen LogP contribution < -0.4 is 10.6 Å². The standard InChI is InChI=1S/C21H21ClN4O3/c22-21-20(26(27)28)19(17-6-1-2-7-18(17)25-21)24-12-15-5-3-4-14(10-15)11-16-13-23-8-9-29-16/h1-7,10,16,23H,8-9,11-13H2,(H,24,25). The lowest BCUT2D eigenvalue weighted by Gasteiger charge is -2.23. The number of ether oxygens (including phenoxy) is 1. The van der Waals surface area contributed by atoms with Crippen LogP contribution in [0.25, 0.3) is 10.9 Å². The molecule has 7 nitrogen and oxygen atoms in total. The number of nitro groups is 1. The van der Waals surface area contributed by atoms with Crippen molar-refractivity contribution in [3.63, 3.8) is 0 Å². The van der Waals surface area contributed by atoms with E-state index in [4.69, 9.17) is 16.3 Å². The Bertz CT molecular complexity index is 1040. The molecule has 0 saturated carbocycles. The minimum absolute atomic E-state index is 0.119. The lowest BCUT2D eigenvalue weighted by Crippen LogP contribution is -2.39. The maximum Gasteiger partial charge on any atom is 0.329 e. The summed E-state index contributed by atoms with van der Waals surface area (Å²) in [5, 5.41) is 18.7. The van der Waals surface area contributed by atoms with Gasteiger partial charge in [-0.1, -0.05) is 54.1 Å². The van der Waals surface area contributed by atoms with Crippen LogP contribution in [-0.2, 0) is 17.7 Å². The van der Waals surface area contributed by atoms with Crippen LogP contribution in [0.2, 0.25) is 5.15 Å². The summed E-state index contributed by atoms with van der Waals surface area (Å²) in [7, 11) is 0. The largest absolute Gasteiger partial charge is 0.375 e. The Balaban J connectivity index is 1.57. The highest BCUT2D eigenvalue weighted by atomic mass is 35.5. The van der Waals surface area contributed by atoms with Crippen LogP contribution >= 0.6 is 11.6 Å². The molecule has 3 aromatic rings. The highest BCUT2D eigenvalue weighted by Crippen LogP contribution is 2.37. The van der Waals surface area contributed by atoms with E-state index in [-0.39, 0.29) is 16.9 Å². The van der Waals surface area contributed by atoms with Crippen molar-refractivity contribution in [2.45, 2.75) is 19.1 Å². The van der Waals surface area contributed by atoms with Crippen LogP contribution in [0.4, 0.5) is 11.4 Å². The molecule has 1 aliphatic rings. The Hall–Kier alpha value is -2.74. The van der Waals surface area contributed by atoms with E-state index < -0.39 is 4.92 Å². The van der Waals surface area contributed by atoms with E-state index in [0.29, 0.717) is 23.1 Å². The van der Waals surface area contributed by atoms with Gasteiger partial charge < -0.3 is 15.4 Å². The zero-order valence-electron chi connectivity index (χ0n) is 15.7. The molecule has 1 aromatic heterocycles. The van der Waals surface area contributed by atoms with E-state index in [1.54, 1.807) is 12.1 Å². The van der Waals surface area contributed by atoms with Gasteiger partial charge in [0, 0.05) is 25.0 Å². The molecule has 1 aliphatic heterocycles. The zero-order chi connectivity index (χ0) is 20.2. The van der Waals surface area contributed by atoms with Crippen molar-refractivity contribution in [1.82, 2.24) is 10.3 Å². The number of pyridine rings is 1. The third kappa shape index (κ3) is 4.48. The Kier molecular flexibility index (Phi) is 5.89. The Morgan fingerprint density at radius 2 is 2.07 bits per heavy atom. The second-order valence-electron chi connectivity index (χ2n) is 6.98. The molecule has 0 amide bonds. The number of rotatable bonds is 6. The molecule has 2 N–H and O–H groups in total. The van der Waals surface area contributed by atoms with Crippen molar-refractivity contribution in [1.29, 1.82) is 0 Å². The second-order valence-corrected chi connectivity index (χ2v) is 7.33. The molecule has 0 aliphatic carbocycles. The smallest absolute Gasteiger partial charge is 0.329 e. The van der Waals surface area contributed by atoms with Crippen LogP contribution in [-0.4, -0.2) is 35.7 Å². The number of anilines is 1. The van der Waals surface area contributed by atoms with E-state index in [0.717, 1.165) is 31.7 Å². The summed E-state index contributed by atoms with van der Waals surface area (Å²) in [5.74, 6) is 0. The summed E-state index contributed by atoms with van der Waals surface area (Å²) in [6.45, 7) is 2.89. The first-order chi connectivity index (χ1) is 14.1. The highest BCUT2D eigenvalue weighted by molar-refractivity contribution is 6.33. The monoisotopic (exact) mass is 412 g/mol. The van der Waals surface area contributed by atoms with E-state index in [9.17, 15) is 10.1 Å². The number of benzene rings is 2. The van der Waals surface area contributed by atoms with Gasteiger partial charge in [0.15, 0.2) is 0 Å². The minimum atomic E-state index is -0.492. The van der Waals surface area contributed by atoms with Gasteiger partial charge >= 0.3 is 5.69 Å². The predicted octanol–water partition coefficient (Wildman–Crippen LogP) is 3.94. The normalized spacial score (nSPS) is 16.7. The zero-order valence-corrected chi connectivity index (χ0v) is 16.5. The van der Waals surface area contributed by atoms with E-state index in [2.05, 4.69) is 27.8 Å². The third-order valence-electron chi connectivity index (χ3n) is 4.94. The summed E-state index contributed by atoms with van der Waals surface area (Å²) >= 11 is 6.11. The molecular weight excluding hydrogens is 392 g/mol.